The van der Waals surface area contributed by atoms with Crippen LogP contribution < -0.4 is 48.3 Å². The van der Waals surface area contributed by atoms with Gasteiger partial charge in [-0.3, -0.25) is 43.2 Å². The number of rotatable bonds is 24. The Balaban J connectivity index is 2.01. The first-order valence-electron chi connectivity index (χ1n) is 19.2. The van der Waals surface area contributed by atoms with Gasteiger partial charge in [-0.2, -0.15) is 11.8 Å². The van der Waals surface area contributed by atoms with Crippen molar-refractivity contribution in [1.29, 1.82) is 0 Å². The predicted octanol–water partition coefficient (Wildman–Crippen LogP) is -2.51. The molecule has 11 N–H and O–H groups in total. The van der Waals surface area contributed by atoms with Gasteiger partial charge in [0.2, 0.25) is 53.2 Å². The monoisotopic (exact) mass is 833 g/mol. The van der Waals surface area contributed by atoms with E-state index in [9.17, 15) is 48.3 Å². The number of amides is 9. The number of primary amides is 1. The van der Waals surface area contributed by atoms with Crippen LogP contribution in [0.3, 0.4) is 0 Å². The van der Waals surface area contributed by atoms with E-state index >= 15 is 0 Å². The zero-order chi connectivity index (χ0) is 43.5. The third kappa shape index (κ3) is 16.7. The summed E-state index contributed by atoms with van der Waals surface area (Å²) in [4.78, 5) is 115. The number of thioether (sulfide) groups is 1. The van der Waals surface area contributed by atoms with Gasteiger partial charge >= 0.3 is 0 Å². The molecule has 0 aromatic heterocycles. The summed E-state index contributed by atoms with van der Waals surface area (Å²) in [5.74, 6) is -6.08. The largest absolute Gasteiger partial charge is 0.394 e. The van der Waals surface area contributed by atoms with Crippen molar-refractivity contribution in [2.75, 3.05) is 25.2 Å². The van der Waals surface area contributed by atoms with Gasteiger partial charge in [-0.05, 0) is 55.6 Å². The standard InChI is InChI=1S/C38H59N9O10S/c1-20(2)16-26(45-34(53)25-12-13-29(49)42-25)35(54)41-22(5)33(52)47-31(21(3)4)38(57)40-18-30(50)43-28(19-48)37(56)46-27(17-23-10-8-7-9-11-23)36(55)44-24(32(39)51)14-15-58-6/h7-11,20-22,24-28,31,48H,12-19H2,1-6H3,(H2,39,51)(H,40,57)(H,41,54)(H,42,49)(H,43,50)(H,44,55)(H,45,53)(H,46,56)(H,47,52)/t22-,24-,25-,26-,27-,28-,31-/m0/s1. The lowest BCUT2D eigenvalue weighted by Crippen LogP contribution is -2.59. The van der Waals surface area contributed by atoms with E-state index in [1.165, 1.54) is 18.7 Å². The number of carbonyl (C=O) groups is 9. The molecule has 19 nitrogen and oxygen atoms in total. The topological polar surface area (TPSA) is 296 Å². The van der Waals surface area contributed by atoms with Crippen LogP contribution >= 0.6 is 11.8 Å². The molecule has 1 aliphatic rings. The molecule has 0 aliphatic carbocycles. The summed E-state index contributed by atoms with van der Waals surface area (Å²) in [5.41, 5.74) is 6.16. The maximum Gasteiger partial charge on any atom is 0.245 e. The Morgan fingerprint density at radius 3 is 1.97 bits per heavy atom. The fraction of sp³-hybridized carbons (Fsp3) is 0.605. The first-order valence-corrected chi connectivity index (χ1v) is 20.6. The predicted molar refractivity (Wildman–Crippen MR) is 215 cm³/mol. The van der Waals surface area contributed by atoms with Crippen molar-refractivity contribution in [1.82, 2.24) is 42.5 Å². The van der Waals surface area contributed by atoms with Gasteiger partial charge in [0.25, 0.3) is 0 Å². The van der Waals surface area contributed by atoms with Gasteiger partial charge in [0.05, 0.1) is 13.2 Å². The molecule has 0 radical (unpaired) electrons. The zero-order valence-electron chi connectivity index (χ0n) is 33.8. The fourth-order valence-corrected chi connectivity index (χ4v) is 6.29. The van der Waals surface area contributed by atoms with Crippen molar-refractivity contribution in [2.24, 2.45) is 17.6 Å². The number of nitrogens with two attached hydrogens (primary N) is 1. The molecule has 9 amide bonds. The highest BCUT2D eigenvalue weighted by atomic mass is 32.2. The van der Waals surface area contributed by atoms with E-state index < -0.39 is 109 Å². The van der Waals surface area contributed by atoms with E-state index in [1.807, 2.05) is 20.1 Å². The van der Waals surface area contributed by atoms with Gasteiger partial charge < -0.3 is 53.4 Å². The summed E-state index contributed by atoms with van der Waals surface area (Å²) < 4.78 is 0. The van der Waals surface area contributed by atoms with Gasteiger partial charge in [0.1, 0.15) is 42.3 Å². The summed E-state index contributed by atoms with van der Waals surface area (Å²) in [6.07, 6.45) is 2.85. The molecule has 2 rings (SSSR count). The Bertz CT molecular complexity index is 1610. The van der Waals surface area contributed by atoms with Crippen molar-refractivity contribution in [3.8, 4) is 0 Å². The van der Waals surface area contributed by atoms with E-state index in [4.69, 9.17) is 5.73 Å². The van der Waals surface area contributed by atoms with Crippen molar-refractivity contribution < 1.29 is 48.3 Å². The lowest BCUT2D eigenvalue weighted by molar-refractivity contribution is -0.135. The molecule has 1 fully saturated rings. The second-order valence-corrected chi connectivity index (χ2v) is 15.8. The Hall–Kier alpha value is -5.24. The van der Waals surface area contributed by atoms with Crippen LogP contribution in [0.5, 0.6) is 0 Å². The summed E-state index contributed by atoms with van der Waals surface area (Å²) in [6, 6.07) is 0.898. The van der Waals surface area contributed by atoms with E-state index in [0.29, 0.717) is 17.7 Å². The minimum absolute atomic E-state index is 0.00759. The van der Waals surface area contributed by atoms with Crippen LogP contribution in [0.15, 0.2) is 30.3 Å². The van der Waals surface area contributed by atoms with E-state index in [0.717, 1.165) is 0 Å². The molecule has 20 heteroatoms. The first-order chi connectivity index (χ1) is 27.4. The molecule has 1 aromatic rings. The Morgan fingerprint density at radius 2 is 1.41 bits per heavy atom. The third-order valence-corrected chi connectivity index (χ3v) is 9.74. The molecule has 7 atom stereocenters. The van der Waals surface area contributed by atoms with Crippen LogP contribution in [0.1, 0.15) is 65.9 Å². The summed E-state index contributed by atoms with van der Waals surface area (Å²) in [5, 5.41) is 30.1. The first kappa shape index (κ1) is 48.9. The van der Waals surface area contributed by atoms with Crippen LogP contribution in [-0.2, 0) is 49.6 Å². The Morgan fingerprint density at radius 1 is 0.793 bits per heavy atom. The molecule has 0 saturated carbocycles. The smallest absolute Gasteiger partial charge is 0.245 e. The zero-order valence-corrected chi connectivity index (χ0v) is 34.7. The molecule has 0 bridgehead atoms. The highest BCUT2D eigenvalue weighted by Gasteiger charge is 2.34. The van der Waals surface area contributed by atoms with Gasteiger partial charge in [-0.25, -0.2) is 0 Å². The average Bonchev–Trinajstić information content (AvgIpc) is 3.61. The van der Waals surface area contributed by atoms with Crippen molar-refractivity contribution in [2.45, 2.75) is 109 Å². The Labute approximate surface area is 342 Å². The molecule has 322 valence electrons. The lowest BCUT2D eigenvalue weighted by Gasteiger charge is -2.26. The number of aliphatic hydroxyl groups excluding tert-OH is 1. The van der Waals surface area contributed by atoms with E-state index in [1.54, 1.807) is 44.2 Å². The van der Waals surface area contributed by atoms with Crippen LogP contribution in [-0.4, -0.2) is 126 Å². The third-order valence-electron chi connectivity index (χ3n) is 9.09. The minimum atomic E-state index is -1.54. The van der Waals surface area contributed by atoms with Crippen LogP contribution in [0.25, 0.3) is 0 Å². The molecule has 1 saturated heterocycles. The second-order valence-electron chi connectivity index (χ2n) is 14.8. The summed E-state index contributed by atoms with van der Waals surface area (Å²) >= 11 is 1.45. The summed E-state index contributed by atoms with van der Waals surface area (Å²) in [6.45, 7) is 6.88. The quantitative estimate of drug-likeness (QED) is 0.0519. The van der Waals surface area contributed by atoms with Gasteiger partial charge in [-0.15, -0.1) is 0 Å². The van der Waals surface area contributed by atoms with E-state index in [-0.39, 0.29) is 37.5 Å². The van der Waals surface area contributed by atoms with Crippen LogP contribution in [0.2, 0.25) is 0 Å². The molecule has 0 spiro atoms. The molecular formula is C38H59N9O10S. The average molecular weight is 834 g/mol. The number of hydrogen-bond acceptors (Lipinski definition) is 11. The molecule has 0 unspecified atom stereocenters. The van der Waals surface area contributed by atoms with Gasteiger partial charge in [-0.1, -0.05) is 58.0 Å². The minimum Gasteiger partial charge on any atom is -0.394 e. The Kier molecular flexibility index (Phi) is 20.7. The fourth-order valence-electron chi connectivity index (χ4n) is 5.82. The van der Waals surface area contributed by atoms with Gasteiger partial charge in [0.15, 0.2) is 0 Å². The number of nitrogens with one attached hydrogen (secondary N) is 8. The van der Waals surface area contributed by atoms with Crippen molar-refractivity contribution >= 4 is 64.9 Å². The molecule has 58 heavy (non-hydrogen) atoms. The molecule has 1 heterocycles. The number of carbonyl (C=O) groups excluding carboxylic acids is 9. The van der Waals surface area contributed by atoms with Crippen LogP contribution in [0.4, 0.5) is 0 Å². The second kappa shape index (κ2) is 24.5. The molecular weight excluding hydrogens is 775 g/mol. The van der Waals surface area contributed by atoms with E-state index in [2.05, 4.69) is 42.5 Å². The SMILES string of the molecule is CSCC[C@H](NC(=O)[C@H](Cc1ccccc1)NC(=O)[C@H](CO)NC(=O)CNC(=O)[C@@H](NC(=O)[C@H](C)NC(=O)[C@H](CC(C)C)NC(=O)[C@@H]1CCC(=O)N1)C(C)C)C(N)=O. The molecule has 1 aromatic carbocycles. The van der Waals surface area contributed by atoms with Crippen molar-refractivity contribution in [3.63, 3.8) is 0 Å². The summed E-state index contributed by atoms with van der Waals surface area (Å²) in [7, 11) is 0. The van der Waals surface area contributed by atoms with Crippen molar-refractivity contribution in [3.05, 3.63) is 35.9 Å². The number of hydrogen-bond donors (Lipinski definition) is 10. The van der Waals surface area contributed by atoms with Crippen LogP contribution in [0, 0.1) is 11.8 Å². The highest BCUT2D eigenvalue weighted by molar-refractivity contribution is 7.98. The maximum atomic E-state index is 13.3. The lowest BCUT2D eigenvalue weighted by atomic mass is 10.0. The number of aliphatic hydroxyl groups is 1. The van der Waals surface area contributed by atoms with Gasteiger partial charge in [0, 0.05) is 12.8 Å². The number of benzene rings is 1. The molecule has 1 aliphatic heterocycles. The maximum absolute atomic E-state index is 13.3. The highest BCUT2D eigenvalue weighted by Crippen LogP contribution is 2.11. The normalized spacial score (nSPS) is 16.7.